The van der Waals surface area contributed by atoms with Gasteiger partial charge in [-0.2, -0.15) is 9.40 Å². The summed E-state index contributed by atoms with van der Waals surface area (Å²) in [7, 11) is -3.88. The molecule has 2 aliphatic rings. The molecule has 5 rings (SSSR count). The lowest BCUT2D eigenvalue weighted by Crippen LogP contribution is -2.38. The van der Waals surface area contributed by atoms with E-state index in [1.54, 1.807) is 4.52 Å². The number of fused-ring (bicyclic) bond motifs is 2. The van der Waals surface area contributed by atoms with E-state index in [-0.39, 0.29) is 10.8 Å². The zero-order valence-electron chi connectivity index (χ0n) is 16.0. The molecule has 29 heavy (non-hydrogen) atoms. The van der Waals surface area contributed by atoms with Crippen LogP contribution in [-0.4, -0.2) is 47.0 Å². The van der Waals surface area contributed by atoms with Gasteiger partial charge in [-0.25, -0.2) is 22.3 Å². The standard InChI is InChI=1S/C20H21FN4O3S/c1-13-8-20-22-12-23-25(20)11-16(13)14-2-5-24(6-3-14)29(26,27)19-9-15-4-7-28-18(15)10-17(19)21/h8-12,14H,2-7H2,1H3. The van der Waals surface area contributed by atoms with Gasteiger partial charge in [-0.15, -0.1) is 0 Å². The minimum Gasteiger partial charge on any atom is -0.493 e. The maximum Gasteiger partial charge on any atom is 0.245 e. The number of halogens is 1. The van der Waals surface area contributed by atoms with Gasteiger partial charge in [-0.3, -0.25) is 0 Å². The number of hydrogen-bond acceptors (Lipinski definition) is 5. The van der Waals surface area contributed by atoms with Crippen LogP contribution in [0, 0.1) is 12.7 Å². The fourth-order valence-electron chi connectivity index (χ4n) is 4.32. The molecule has 1 saturated heterocycles. The lowest BCUT2D eigenvalue weighted by Gasteiger charge is -2.32. The summed E-state index contributed by atoms with van der Waals surface area (Å²) in [5.74, 6) is -0.0762. The van der Waals surface area contributed by atoms with Gasteiger partial charge in [-0.1, -0.05) is 0 Å². The second kappa shape index (κ2) is 6.77. The maximum absolute atomic E-state index is 14.5. The minimum atomic E-state index is -3.88. The van der Waals surface area contributed by atoms with E-state index >= 15 is 0 Å². The van der Waals surface area contributed by atoms with Crippen molar-refractivity contribution in [3.05, 3.63) is 53.2 Å². The van der Waals surface area contributed by atoms with Crippen molar-refractivity contribution in [2.75, 3.05) is 19.7 Å². The highest BCUT2D eigenvalue weighted by Crippen LogP contribution is 2.35. The van der Waals surface area contributed by atoms with Gasteiger partial charge in [0.15, 0.2) is 5.65 Å². The van der Waals surface area contributed by atoms with Gasteiger partial charge in [0.2, 0.25) is 10.0 Å². The summed E-state index contributed by atoms with van der Waals surface area (Å²) in [5, 5.41) is 4.19. The van der Waals surface area contributed by atoms with Crippen LogP contribution in [0.3, 0.4) is 0 Å². The first-order valence-corrected chi connectivity index (χ1v) is 11.1. The number of sulfonamides is 1. The molecule has 0 bridgehead atoms. The molecule has 0 radical (unpaired) electrons. The van der Waals surface area contributed by atoms with E-state index < -0.39 is 15.8 Å². The number of aromatic nitrogens is 3. The van der Waals surface area contributed by atoms with Crippen molar-refractivity contribution in [3.63, 3.8) is 0 Å². The number of aryl methyl sites for hydroxylation is 1. The lowest BCUT2D eigenvalue weighted by molar-refractivity contribution is 0.317. The van der Waals surface area contributed by atoms with E-state index in [0.717, 1.165) is 22.3 Å². The van der Waals surface area contributed by atoms with Crippen LogP contribution in [0.25, 0.3) is 5.65 Å². The van der Waals surface area contributed by atoms with Gasteiger partial charge in [0.25, 0.3) is 0 Å². The van der Waals surface area contributed by atoms with Crippen LogP contribution < -0.4 is 4.74 Å². The van der Waals surface area contributed by atoms with Gasteiger partial charge >= 0.3 is 0 Å². The van der Waals surface area contributed by atoms with Crippen LogP contribution >= 0.6 is 0 Å². The molecule has 2 aliphatic heterocycles. The Bertz CT molecular complexity index is 1200. The quantitative estimate of drug-likeness (QED) is 0.656. The predicted octanol–water partition coefficient (Wildman–Crippen LogP) is 2.68. The highest BCUT2D eigenvalue weighted by molar-refractivity contribution is 7.89. The Hall–Kier alpha value is -2.52. The average Bonchev–Trinajstić information content (AvgIpc) is 3.35. The summed E-state index contributed by atoms with van der Waals surface area (Å²) in [6, 6.07) is 4.62. The Morgan fingerprint density at radius 2 is 2.00 bits per heavy atom. The largest absolute Gasteiger partial charge is 0.493 e. The van der Waals surface area contributed by atoms with Gasteiger partial charge < -0.3 is 4.74 Å². The molecule has 1 aromatic carbocycles. The molecule has 0 atom stereocenters. The monoisotopic (exact) mass is 416 g/mol. The molecule has 0 spiro atoms. The fourth-order valence-corrected chi connectivity index (χ4v) is 5.89. The molecule has 0 amide bonds. The SMILES string of the molecule is Cc1cc2ncnn2cc1C1CCN(S(=O)(=O)c2cc3c(cc2F)OCC3)CC1. The number of pyridine rings is 1. The second-order valence-electron chi connectivity index (χ2n) is 7.64. The molecule has 0 unspecified atom stereocenters. The van der Waals surface area contributed by atoms with Crippen molar-refractivity contribution < 1.29 is 17.5 Å². The Labute approximate surface area is 168 Å². The molecule has 0 N–H and O–H groups in total. The molecule has 0 aliphatic carbocycles. The molecule has 2 aromatic heterocycles. The molecule has 7 nitrogen and oxygen atoms in total. The Balaban J connectivity index is 1.38. The van der Waals surface area contributed by atoms with Crippen molar-refractivity contribution in [1.29, 1.82) is 0 Å². The Morgan fingerprint density at radius 1 is 1.21 bits per heavy atom. The number of hydrogen-bond donors (Lipinski definition) is 0. The third-order valence-corrected chi connectivity index (χ3v) is 7.83. The molecule has 1 fully saturated rings. The number of ether oxygens (including phenoxy) is 1. The number of piperidine rings is 1. The van der Waals surface area contributed by atoms with E-state index in [1.165, 1.54) is 22.8 Å². The zero-order valence-corrected chi connectivity index (χ0v) is 16.8. The topological polar surface area (TPSA) is 76.8 Å². The van der Waals surface area contributed by atoms with Gasteiger partial charge in [0.05, 0.1) is 6.61 Å². The zero-order chi connectivity index (χ0) is 20.2. The van der Waals surface area contributed by atoms with Crippen molar-refractivity contribution in [3.8, 4) is 5.75 Å². The van der Waals surface area contributed by atoms with E-state index in [1.807, 2.05) is 19.2 Å². The smallest absolute Gasteiger partial charge is 0.245 e. The summed E-state index contributed by atoms with van der Waals surface area (Å²) in [6.45, 7) is 3.21. The number of benzene rings is 1. The fraction of sp³-hybridized carbons (Fsp3) is 0.400. The highest BCUT2D eigenvalue weighted by Gasteiger charge is 2.33. The minimum absolute atomic E-state index is 0.230. The molecule has 3 aromatic rings. The molecule has 0 saturated carbocycles. The van der Waals surface area contributed by atoms with Crippen molar-refractivity contribution in [2.45, 2.75) is 37.0 Å². The molecular weight excluding hydrogens is 395 g/mol. The highest BCUT2D eigenvalue weighted by atomic mass is 32.2. The van der Waals surface area contributed by atoms with E-state index in [2.05, 4.69) is 10.1 Å². The third kappa shape index (κ3) is 3.08. The predicted molar refractivity (Wildman–Crippen MR) is 104 cm³/mol. The molecular formula is C20H21FN4O3S. The van der Waals surface area contributed by atoms with E-state index in [4.69, 9.17) is 4.74 Å². The van der Waals surface area contributed by atoms with Crippen LogP contribution in [0.15, 0.2) is 35.6 Å². The normalized spacial score (nSPS) is 18.1. The lowest BCUT2D eigenvalue weighted by atomic mass is 9.89. The Morgan fingerprint density at radius 3 is 2.79 bits per heavy atom. The van der Waals surface area contributed by atoms with Gasteiger partial charge in [0.1, 0.15) is 22.8 Å². The summed E-state index contributed by atoms with van der Waals surface area (Å²) in [6.07, 6.45) is 5.45. The van der Waals surface area contributed by atoms with Crippen molar-refractivity contribution in [1.82, 2.24) is 18.9 Å². The first-order chi connectivity index (χ1) is 13.9. The van der Waals surface area contributed by atoms with Gasteiger partial charge in [-0.05, 0) is 54.5 Å². The number of rotatable bonds is 3. The number of nitrogens with zero attached hydrogens (tertiary/aromatic N) is 4. The van der Waals surface area contributed by atoms with Gasteiger partial charge in [0, 0.05) is 31.8 Å². The molecule has 4 heterocycles. The van der Waals surface area contributed by atoms with Crippen LogP contribution in [0.4, 0.5) is 4.39 Å². The van der Waals surface area contributed by atoms with Crippen LogP contribution in [0.5, 0.6) is 5.75 Å². The summed E-state index contributed by atoms with van der Waals surface area (Å²) in [5.41, 5.74) is 3.82. The first kappa shape index (κ1) is 18.5. The maximum atomic E-state index is 14.5. The summed E-state index contributed by atoms with van der Waals surface area (Å²) >= 11 is 0. The first-order valence-electron chi connectivity index (χ1n) is 9.69. The van der Waals surface area contributed by atoms with Crippen LogP contribution in [0.2, 0.25) is 0 Å². The second-order valence-corrected chi connectivity index (χ2v) is 9.55. The summed E-state index contributed by atoms with van der Waals surface area (Å²) < 4.78 is 49.1. The molecule has 152 valence electrons. The Kier molecular flexibility index (Phi) is 4.32. The molecule has 9 heteroatoms. The van der Waals surface area contributed by atoms with E-state index in [0.29, 0.717) is 44.7 Å². The van der Waals surface area contributed by atoms with Crippen molar-refractivity contribution >= 4 is 15.7 Å². The summed E-state index contributed by atoms with van der Waals surface area (Å²) in [4.78, 5) is 3.95. The average molecular weight is 416 g/mol. The van der Waals surface area contributed by atoms with Crippen LogP contribution in [-0.2, 0) is 16.4 Å². The van der Waals surface area contributed by atoms with Crippen LogP contribution in [0.1, 0.15) is 35.4 Å². The third-order valence-electron chi connectivity index (χ3n) is 5.92. The van der Waals surface area contributed by atoms with E-state index in [9.17, 15) is 12.8 Å². The van der Waals surface area contributed by atoms with Crippen molar-refractivity contribution in [2.24, 2.45) is 0 Å².